The lowest BCUT2D eigenvalue weighted by atomic mass is 10.0. The van der Waals surface area contributed by atoms with Crippen LogP contribution < -0.4 is 10.5 Å². The van der Waals surface area contributed by atoms with Crippen LogP contribution in [0.4, 0.5) is 4.39 Å². The van der Waals surface area contributed by atoms with E-state index in [1.54, 1.807) is 0 Å². The summed E-state index contributed by atoms with van der Waals surface area (Å²) in [6.07, 6.45) is 1.76. The van der Waals surface area contributed by atoms with E-state index in [2.05, 4.69) is 0 Å². The normalized spacial score (nSPS) is 20.2. The first-order valence-corrected chi connectivity index (χ1v) is 7.96. The highest BCUT2D eigenvalue weighted by Crippen LogP contribution is 2.27. The van der Waals surface area contributed by atoms with E-state index in [0.717, 1.165) is 16.8 Å². The molecule has 1 saturated heterocycles. The predicted octanol–water partition coefficient (Wildman–Crippen LogP) is 0.863. The Hall–Kier alpha value is -1.67. The molecule has 8 heteroatoms. The number of piperidine rings is 1. The van der Waals surface area contributed by atoms with Crippen LogP contribution in [0.3, 0.4) is 0 Å². The number of nitrogens with two attached hydrogens (primary N) is 1. The van der Waals surface area contributed by atoms with Crippen molar-refractivity contribution in [1.82, 2.24) is 4.31 Å². The van der Waals surface area contributed by atoms with Crippen molar-refractivity contribution >= 4 is 15.9 Å². The van der Waals surface area contributed by atoms with Crippen LogP contribution in [-0.2, 0) is 14.8 Å². The molecule has 2 N–H and O–H groups in total. The van der Waals surface area contributed by atoms with Crippen LogP contribution in [0.15, 0.2) is 23.1 Å². The van der Waals surface area contributed by atoms with Gasteiger partial charge in [-0.3, -0.25) is 4.79 Å². The van der Waals surface area contributed by atoms with Crippen molar-refractivity contribution in [1.29, 1.82) is 0 Å². The van der Waals surface area contributed by atoms with Gasteiger partial charge in [0.2, 0.25) is 15.9 Å². The molecular formula is C13H17FN2O4S. The maximum Gasteiger partial charge on any atom is 0.243 e. The SMILES string of the molecule is COc1ccc(S(=O)(=O)N2CCCC[C@@H]2C(N)=O)cc1F. The molecular weight excluding hydrogens is 299 g/mol. The van der Waals surface area contributed by atoms with Crippen molar-refractivity contribution in [2.45, 2.75) is 30.2 Å². The summed E-state index contributed by atoms with van der Waals surface area (Å²) < 4.78 is 44.6. The highest BCUT2D eigenvalue weighted by molar-refractivity contribution is 7.89. The van der Waals surface area contributed by atoms with E-state index in [9.17, 15) is 17.6 Å². The number of hydrogen-bond acceptors (Lipinski definition) is 4. The lowest BCUT2D eigenvalue weighted by Crippen LogP contribution is -2.50. The second-order valence-corrected chi connectivity index (χ2v) is 6.72. The predicted molar refractivity (Wildman–Crippen MR) is 73.7 cm³/mol. The van der Waals surface area contributed by atoms with E-state index in [1.165, 1.54) is 19.2 Å². The Morgan fingerprint density at radius 2 is 2.14 bits per heavy atom. The molecule has 0 spiro atoms. The van der Waals surface area contributed by atoms with Crippen LogP contribution in [0.2, 0.25) is 0 Å². The third-order valence-corrected chi connectivity index (χ3v) is 5.42. The monoisotopic (exact) mass is 316 g/mol. The van der Waals surface area contributed by atoms with E-state index in [4.69, 9.17) is 10.5 Å². The average Bonchev–Trinajstić information content (AvgIpc) is 2.47. The third kappa shape index (κ3) is 3.01. The van der Waals surface area contributed by atoms with Gasteiger partial charge in [-0.15, -0.1) is 0 Å². The van der Waals surface area contributed by atoms with Gasteiger partial charge in [0.15, 0.2) is 11.6 Å². The van der Waals surface area contributed by atoms with E-state index < -0.39 is 27.8 Å². The summed E-state index contributed by atoms with van der Waals surface area (Å²) in [5.74, 6) is -1.50. The number of carbonyl (C=O) groups excluding carboxylic acids is 1. The first kappa shape index (κ1) is 15.7. The maximum atomic E-state index is 13.7. The Labute approximate surface area is 122 Å². The minimum absolute atomic E-state index is 0.0426. The Morgan fingerprint density at radius 3 is 2.71 bits per heavy atom. The number of benzene rings is 1. The Balaban J connectivity index is 2.40. The molecule has 2 rings (SSSR count). The molecule has 116 valence electrons. The van der Waals surface area contributed by atoms with E-state index >= 15 is 0 Å². The van der Waals surface area contributed by atoms with E-state index in [1.807, 2.05) is 0 Å². The van der Waals surface area contributed by atoms with Crippen molar-refractivity contribution in [3.63, 3.8) is 0 Å². The fraction of sp³-hybridized carbons (Fsp3) is 0.462. The van der Waals surface area contributed by atoms with Crippen LogP contribution in [-0.4, -0.2) is 38.3 Å². The van der Waals surface area contributed by atoms with E-state index in [-0.39, 0.29) is 17.2 Å². The maximum absolute atomic E-state index is 13.7. The summed E-state index contributed by atoms with van der Waals surface area (Å²) in [4.78, 5) is 11.2. The number of carbonyl (C=O) groups is 1. The van der Waals surface area contributed by atoms with Crippen LogP contribution in [0, 0.1) is 5.82 Å². The van der Waals surface area contributed by atoms with Crippen molar-refractivity contribution in [2.24, 2.45) is 5.73 Å². The number of rotatable bonds is 4. The molecule has 1 aliphatic heterocycles. The fourth-order valence-electron chi connectivity index (χ4n) is 2.42. The Morgan fingerprint density at radius 1 is 1.43 bits per heavy atom. The largest absolute Gasteiger partial charge is 0.494 e. The highest BCUT2D eigenvalue weighted by atomic mass is 32.2. The Bertz CT molecular complexity index is 648. The zero-order valence-electron chi connectivity index (χ0n) is 11.6. The van der Waals surface area contributed by atoms with Gasteiger partial charge in [0.1, 0.15) is 6.04 Å². The smallest absolute Gasteiger partial charge is 0.243 e. The van der Waals surface area contributed by atoms with Crippen molar-refractivity contribution in [2.75, 3.05) is 13.7 Å². The molecule has 1 aromatic carbocycles. The highest BCUT2D eigenvalue weighted by Gasteiger charge is 2.36. The van der Waals surface area contributed by atoms with Gasteiger partial charge in [-0.1, -0.05) is 6.42 Å². The van der Waals surface area contributed by atoms with Crippen molar-refractivity contribution < 1.29 is 22.3 Å². The van der Waals surface area contributed by atoms with Crippen LogP contribution >= 0.6 is 0 Å². The van der Waals surface area contributed by atoms with Gasteiger partial charge >= 0.3 is 0 Å². The number of sulfonamides is 1. The molecule has 1 fully saturated rings. The van der Waals surface area contributed by atoms with Gasteiger partial charge in [-0.25, -0.2) is 12.8 Å². The minimum atomic E-state index is -3.97. The molecule has 0 radical (unpaired) electrons. The van der Waals surface area contributed by atoms with Crippen LogP contribution in [0.25, 0.3) is 0 Å². The van der Waals surface area contributed by atoms with Crippen LogP contribution in [0.1, 0.15) is 19.3 Å². The molecule has 0 aromatic heterocycles. The molecule has 0 unspecified atom stereocenters. The quantitative estimate of drug-likeness (QED) is 0.892. The molecule has 6 nitrogen and oxygen atoms in total. The summed E-state index contributed by atoms with van der Waals surface area (Å²) >= 11 is 0. The number of nitrogens with zero attached hydrogens (tertiary/aromatic N) is 1. The van der Waals surface area contributed by atoms with Gasteiger partial charge in [-0.05, 0) is 31.0 Å². The second-order valence-electron chi connectivity index (χ2n) is 4.83. The number of ether oxygens (including phenoxy) is 1. The number of halogens is 1. The van der Waals surface area contributed by atoms with Gasteiger partial charge in [0.05, 0.1) is 12.0 Å². The number of amides is 1. The summed E-state index contributed by atoms with van der Waals surface area (Å²) in [6, 6.07) is 2.50. The van der Waals surface area contributed by atoms with Crippen LogP contribution in [0.5, 0.6) is 5.75 Å². The molecule has 1 heterocycles. The van der Waals surface area contributed by atoms with Gasteiger partial charge in [0, 0.05) is 6.54 Å². The fourth-order valence-corrected chi connectivity index (χ4v) is 4.10. The van der Waals surface area contributed by atoms with Crippen molar-refractivity contribution in [3.05, 3.63) is 24.0 Å². The topological polar surface area (TPSA) is 89.7 Å². The zero-order chi connectivity index (χ0) is 15.6. The lowest BCUT2D eigenvalue weighted by Gasteiger charge is -2.32. The summed E-state index contributed by atoms with van der Waals surface area (Å²) in [7, 11) is -2.67. The van der Waals surface area contributed by atoms with E-state index in [0.29, 0.717) is 12.8 Å². The number of primary amides is 1. The summed E-state index contributed by atoms with van der Waals surface area (Å²) in [5, 5.41) is 0. The minimum Gasteiger partial charge on any atom is -0.494 e. The Kier molecular flexibility index (Phi) is 4.48. The van der Waals surface area contributed by atoms with Gasteiger partial charge in [0.25, 0.3) is 0 Å². The zero-order valence-corrected chi connectivity index (χ0v) is 12.4. The summed E-state index contributed by atoms with van der Waals surface area (Å²) in [5.41, 5.74) is 5.27. The first-order valence-electron chi connectivity index (χ1n) is 6.52. The first-order chi connectivity index (χ1) is 9.87. The standard InChI is InChI=1S/C13H17FN2O4S/c1-20-12-6-5-9(8-10(12)14)21(18,19)16-7-3-2-4-11(16)13(15)17/h5-6,8,11H,2-4,7H2,1H3,(H2,15,17)/t11-/m1/s1. The lowest BCUT2D eigenvalue weighted by molar-refractivity contribution is -0.122. The molecule has 1 amide bonds. The summed E-state index contributed by atoms with van der Waals surface area (Å²) in [6.45, 7) is 0.198. The average molecular weight is 316 g/mol. The molecule has 1 atom stereocenters. The van der Waals surface area contributed by atoms with Gasteiger partial charge < -0.3 is 10.5 Å². The van der Waals surface area contributed by atoms with Gasteiger partial charge in [-0.2, -0.15) is 4.31 Å². The molecule has 1 aliphatic rings. The molecule has 1 aromatic rings. The molecule has 21 heavy (non-hydrogen) atoms. The number of hydrogen-bond donors (Lipinski definition) is 1. The molecule has 0 bridgehead atoms. The second kappa shape index (κ2) is 5.98. The third-order valence-electron chi connectivity index (χ3n) is 3.51. The molecule has 0 saturated carbocycles. The van der Waals surface area contributed by atoms with Crippen molar-refractivity contribution in [3.8, 4) is 5.75 Å². The molecule has 0 aliphatic carbocycles. The number of methoxy groups -OCH3 is 1.